The van der Waals surface area contributed by atoms with Gasteiger partial charge in [0.1, 0.15) is 5.69 Å². The largest absolute Gasteiger partial charge is 0.481 e. The predicted molar refractivity (Wildman–Crippen MR) is 53.2 cm³/mol. The molecule has 0 aliphatic rings. The van der Waals surface area contributed by atoms with Crippen molar-refractivity contribution in [3.8, 4) is 0 Å². The number of carbonyl (C=O) groups is 1. The van der Waals surface area contributed by atoms with Crippen molar-refractivity contribution in [2.24, 2.45) is 0 Å². The molecular formula is C9H5BrF5NO2. The Balaban J connectivity index is 3.43. The van der Waals surface area contributed by atoms with Crippen molar-refractivity contribution in [1.82, 2.24) is 4.98 Å². The summed E-state index contributed by atoms with van der Waals surface area (Å²) in [5.41, 5.74) is -3.07. The van der Waals surface area contributed by atoms with Crippen molar-refractivity contribution in [1.29, 1.82) is 0 Å². The lowest BCUT2D eigenvalue weighted by Crippen LogP contribution is -2.13. The second kappa shape index (κ2) is 5.17. The highest BCUT2D eigenvalue weighted by molar-refractivity contribution is 9.10. The molecule has 0 amide bonds. The number of hydrogen-bond donors (Lipinski definition) is 1. The molecular weight excluding hydrogens is 329 g/mol. The Kier molecular flexibility index (Phi) is 4.25. The minimum Gasteiger partial charge on any atom is -0.481 e. The van der Waals surface area contributed by atoms with Gasteiger partial charge in [-0.15, -0.1) is 0 Å². The van der Waals surface area contributed by atoms with Gasteiger partial charge in [-0.1, -0.05) is 0 Å². The third kappa shape index (κ3) is 3.37. The molecule has 0 spiro atoms. The van der Waals surface area contributed by atoms with E-state index in [2.05, 4.69) is 20.9 Å². The van der Waals surface area contributed by atoms with Crippen molar-refractivity contribution in [3.63, 3.8) is 0 Å². The number of nitrogens with zero attached hydrogens (tertiary/aromatic N) is 1. The van der Waals surface area contributed by atoms with Gasteiger partial charge in [0.25, 0.3) is 6.43 Å². The maximum Gasteiger partial charge on any atom is 0.417 e. The van der Waals surface area contributed by atoms with Crippen LogP contribution in [0.2, 0.25) is 0 Å². The van der Waals surface area contributed by atoms with Crippen LogP contribution in [0.3, 0.4) is 0 Å². The van der Waals surface area contributed by atoms with Gasteiger partial charge >= 0.3 is 12.1 Å². The molecule has 9 heteroatoms. The summed E-state index contributed by atoms with van der Waals surface area (Å²) in [6, 6.07) is 0.195. The molecule has 0 atom stereocenters. The number of halogens is 6. The van der Waals surface area contributed by atoms with Crippen molar-refractivity contribution in [3.05, 3.63) is 27.5 Å². The van der Waals surface area contributed by atoms with Gasteiger partial charge in [-0.3, -0.25) is 9.78 Å². The van der Waals surface area contributed by atoms with Gasteiger partial charge in [-0.25, -0.2) is 8.78 Å². The van der Waals surface area contributed by atoms with Crippen molar-refractivity contribution in [2.75, 3.05) is 0 Å². The van der Waals surface area contributed by atoms with Crippen LogP contribution in [0.1, 0.15) is 23.4 Å². The van der Waals surface area contributed by atoms with Crippen LogP contribution in [-0.4, -0.2) is 16.1 Å². The van der Waals surface area contributed by atoms with E-state index in [-0.39, 0.29) is 6.07 Å². The van der Waals surface area contributed by atoms with Gasteiger partial charge < -0.3 is 5.11 Å². The number of carboxylic acid groups (broad SMARTS) is 1. The fourth-order valence-electron chi connectivity index (χ4n) is 1.18. The Hall–Kier alpha value is -1.25. The van der Waals surface area contributed by atoms with Crippen LogP contribution < -0.4 is 0 Å². The topological polar surface area (TPSA) is 50.2 Å². The van der Waals surface area contributed by atoms with Crippen LogP contribution in [0, 0.1) is 0 Å². The number of hydrogen-bond acceptors (Lipinski definition) is 2. The molecule has 1 aromatic rings. The van der Waals surface area contributed by atoms with E-state index in [9.17, 15) is 26.7 Å². The van der Waals surface area contributed by atoms with Gasteiger partial charge in [0.05, 0.1) is 22.2 Å². The normalized spacial score (nSPS) is 11.9. The summed E-state index contributed by atoms with van der Waals surface area (Å²) in [6.45, 7) is 0. The van der Waals surface area contributed by atoms with Crippen LogP contribution in [-0.2, 0) is 17.4 Å². The number of carboxylic acids is 1. The van der Waals surface area contributed by atoms with Crippen LogP contribution in [0.4, 0.5) is 22.0 Å². The number of rotatable bonds is 3. The summed E-state index contributed by atoms with van der Waals surface area (Å²) in [4.78, 5) is 13.6. The number of aromatic nitrogens is 1. The highest BCUT2D eigenvalue weighted by Crippen LogP contribution is 2.38. The van der Waals surface area contributed by atoms with Gasteiger partial charge in [-0.05, 0) is 22.0 Å². The quantitative estimate of drug-likeness (QED) is 0.862. The first-order valence-electron chi connectivity index (χ1n) is 4.39. The van der Waals surface area contributed by atoms with E-state index in [4.69, 9.17) is 5.11 Å². The summed E-state index contributed by atoms with van der Waals surface area (Å²) in [5.74, 6) is -1.47. The van der Waals surface area contributed by atoms with Crippen molar-refractivity contribution in [2.45, 2.75) is 19.0 Å². The average molecular weight is 334 g/mol. The average Bonchev–Trinajstić information content (AvgIpc) is 2.18. The first-order chi connectivity index (χ1) is 8.12. The summed E-state index contributed by atoms with van der Waals surface area (Å²) in [6.07, 6.45) is -8.98. The van der Waals surface area contributed by atoms with E-state index in [0.29, 0.717) is 0 Å². The third-order valence-electron chi connectivity index (χ3n) is 1.89. The van der Waals surface area contributed by atoms with E-state index in [1.807, 2.05) is 0 Å². The van der Waals surface area contributed by atoms with Gasteiger partial charge in [0, 0.05) is 0 Å². The Morgan fingerprint density at radius 1 is 1.44 bits per heavy atom. The van der Waals surface area contributed by atoms with Crippen LogP contribution in [0.5, 0.6) is 0 Å². The van der Waals surface area contributed by atoms with Crippen molar-refractivity contribution < 1.29 is 31.9 Å². The highest BCUT2D eigenvalue weighted by Gasteiger charge is 2.36. The molecule has 18 heavy (non-hydrogen) atoms. The van der Waals surface area contributed by atoms with Crippen molar-refractivity contribution >= 4 is 21.9 Å². The Morgan fingerprint density at radius 3 is 2.39 bits per heavy atom. The molecule has 100 valence electrons. The minimum atomic E-state index is -4.88. The lowest BCUT2D eigenvalue weighted by Gasteiger charge is -2.13. The molecule has 1 aromatic heterocycles. The lowest BCUT2D eigenvalue weighted by molar-refractivity contribution is -0.139. The SMILES string of the molecule is O=C(O)Cc1nc(C(F)F)cc(C(F)(F)F)c1Br. The maximum atomic E-state index is 12.6. The first kappa shape index (κ1) is 14.8. The molecule has 0 saturated heterocycles. The first-order valence-corrected chi connectivity index (χ1v) is 5.18. The molecule has 0 radical (unpaired) electrons. The predicted octanol–water partition coefficient (Wildman–Crippen LogP) is 3.43. The summed E-state index contributed by atoms with van der Waals surface area (Å²) in [7, 11) is 0. The van der Waals surface area contributed by atoms with Crippen LogP contribution in [0.25, 0.3) is 0 Å². The molecule has 3 nitrogen and oxygen atoms in total. The zero-order chi connectivity index (χ0) is 14.1. The third-order valence-corrected chi connectivity index (χ3v) is 2.78. The Labute approximate surface area is 106 Å². The minimum absolute atomic E-state index is 0.195. The van der Waals surface area contributed by atoms with Crippen LogP contribution >= 0.6 is 15.9 Å². The fraction of sp³-hybridized carbons (Fsp3) is 0.333. The molecule has 1 heterocycles. The zero-order valence-electron chi connectivity index (χ0n) is 8.43. The monoisotopic (exact) mass is 333 g/mol. The summed E-state index contributed by atoms with van der Waals surface area (Å²) >= 11 is 2.54. The lowest BCUT2D eigenvalue weighted by atomic mass is 10.1. The molecule has 1 N–H and O–H groups in total. The molecule has 0 bridgehead atoms. The van der Waals surface area contributed by atoms with E-state index in [1.165, 1.54) is 0 Å². The molecule has 0 saturated carbocycles. The van der Waals surface area contributed by atoms with E-state index in [0.717, 1.165) is 0 Å². The number of alkyl halides is 5. The maximum absolute atomic E-state index is 12.6. The fourth-order valence-corrected chi connectivity index (χ4v) is 1.75. The Bertz CT molecular complexity index is 475. The molecule has 1 rings (SSSR count). The number of aliphatic carboxylic acids is 1. The second-order valence-electron chi connectivity index (χ2n) is 3.22. The second-order valence-corrected chi connectivity index (χ2v) is 4.02. The molecule has 0 fully saturated rings. The molecule has 0 aromatic carbocycles. The summed E-state index contributed by atoms with van der Waals surface area (Å²) < 4.78 is 61.8. The molecule has 0 aliphatic carbocycles. The highest BCUT2D eigenvalue weighted by atomic mass is 79.9. The van der Waals surface area contributed by atoms with E-state index < -0.39 is 46.4 Å². The van der Waals surface area contributed by atoms with E-state index >= 15 is 0 Å². The smallest absolute Gasteiger partial charge is 0.417 e. The molecule has 0 unspecified atom stereocenters. The standard InChI is InChI=1S/C9H5BrF5NO2/c10-7-3(9(13,14)15)1-5(8(11)12)16-4(7)2-6(17)18/h1,8H,2H2,(H,17,18). The van der Waals surface area contributed by atoms with Gasteiger partial charge in [-0.2, -0.15) is 13.2 Å². The van der Waals surface area contributed by atoms with E-state index in [1.54, 1.807) is 0 Å². The van der Waals surface area contributed by atoms with Gasteiger partial charge in [0.2, 0.25) is 0 Å². The zero-order valence-corrected chi connectivity index (χ0v) is 10.0. The van der Waals surface area contributed by atoms with Crippen LogP contribution in [0.15, 0.2) is 10.5 Å². The molecule has 0 aliphatic heterocycles. The summed E-state index contributed by atoms with van der Waals surface area (Å²) in [5, 5.41) is 8.48. The Morgan fingerprint density at radius 2 is 2.00 bits per heavy atom. The number of pyridine rings is 1. The van der Waals surface area contributed by atoms with Gasteiger partial charge in [0.15, 0.2) is 0 Å².